The SMILES string of the molecule is CCCc1ccc(C(=O)OC2CCCCC2SC(=O)N(CC)CC)cc1. The molecule has 2 atom stereocenters. The molecule has 1 aromatic carbocycles. The van der Waals surface area contributed by atoms with Crippen molar-refractivity contribution in [1.82, 2.24) is 4.90 Å². The first-order chi connectivity index (χ1) is 12.6. The van der Waals surface area contributed by atoms with E-state index in [-0.39, 0.29) is 22.6 Å². The summed E-state index contributed by atoms with van der Waals surface area (Å²) < 4.78 is 5.81. The molecule has 0 bridgehead atoms. The van der Waals surface area contributed by atoms with Crippen LogP contribution < -0.4 is 0 Å². The van der Waals surface area contributed by atoms with Crippen molar-refractivity contribution in [2.45, 2.75) is 70.7 Å². The van der Waals surface area contributed by atoms with Gasteiger partial charge < -0.3 is 9.64 Å². The molecule has 0 aromatic heterocycles. The summed E-state index contributed by atoms with van der Waals surface area (Å²) >= 11 is 1.34. The van der Waals surface area contributed by atoms with Gasteiger partial charge in [0.15, 0.2) is 0 Å². The Balaban J connectivity index is 1.98. The number of esters is 1. The predicted octanol–water partition coefficient (Wildman–Crippen LogP) is 5.30. The monoisotopic (exact) mass is 377 g/mol. The lowest BCUT2D eigenvalue weighted by Gasteiger charge is -2.31. The van der Waals surface area contributed by atoms with Gasteiger partial charge in [-0.05, 0) is 57.2 Å². The van der Waals surface area contributed by atoms with Gasteiger partial charge in [0.05, 0.1) is 10.8 Å². The van der Waals surface area contributed by atoms with Crippen molar-refractivity contribution in [3.05, 3.63) is 35.4 Å². The lowest BCUT2D eigenvalue weighted by Crippen LogP contribution is -2.36. The molecule has 4 nitrogen and oxygen atoms in total. The summed E-state index contributed by atoms with van der Waals surface area (Å²) in [6.07, 6.45) is 5.81. The topological polar surface area (TPSA) is 46.6 Å². The number of hydrogen-bond acceptors (Lipinski definition) is 4. The number of amides is 1. The minimum Gasteiger partial charge on any atom is -0.458 e. The van der Waals surface area contributed by atoms with E-state index in [1.165, 1.54) is 17.3 Å². The van der Waals surface area contributed by atoms with Crippen LogP contribution in [-0.2, 0) is 11.2 Å². The smallest absolute Gasteiger partial charge is 0.338 e. The van der Waals surface area contributed by atoms with Crippen molar-refractivity contribution in [2.75, 3.05) is 13.1 Å². The molecule has 1 fully saturated rings. The van der Waals surface area contributed by atoms with Crippen molar-refractivity contribution in [1.29, 1.82) is 0 Å². The number of thioether (sulfide) groups is 1. The summed E-state index contributed by atoms with van der Waals surface area (Å²) in [6, 6.07) is 7.69. The van der Waals surface area contributed by atoms with Crippen LogP contribution in [0.2, 0.25) is 0 Å². The molecule has 0 radical (unpaired) electrons. The van der Waals surface area contributed by atoms with E-state index >= 15 is 0 Å². The molecule has 5 heteroatoms. The van der Waals surface area contributed by atoms with Crippen molar-refractivity contribution < 1.29 is 14.3 Å². The van der Waals surface area contributed by atoms with Gasteiger partial charge >= 0.3 is 5.97 Å². The zero-order chi connectivity index (χ0) is 18.9. The van der Waals surface area contributed by atoms with E-state index in [0.717, 1.165) is 38.5 Å². The van der Waals surface area contributed by atoms with Crippen LogP contribution in [0.15, 0.2) is 24.3 Å². The van der Waals surface area contributed by atoms with E-state index in [0.29, 0.717) is 18.7 Å². The van der Waals surface area contributed by atoms with E-state index in [9.17, 15) is 9.59 Å². The minimum absolute atomic E-state index is 0.0557. The summed E-state index contributed by atoms with van der Waals surface area (Å²) in [5.74, 6) is -0.277. The number of aryl methyl sites for hydroxylation is 1. The molecule has 0 N–H and O–H groups in total. The van der Waals surface area contributed by atoms with Gasteiger partial charge in [0.2, 0.25) is 0 Å². The van der Waals surface area contributed by atoms with Crippen LogP contribution in [0.25, 0.3) is 0 Å². The average Bonchev–Trinajstić information content (AvgIpc) is 2.65. The summed E-state index contributed by atoms with van der Waals surface area (Å²) in [7, 11) is 0. The third kappa shape index (κ3) is 5.76. The Bertz CT molecular complexity index is 583. The number of ether oxygens (including phenoxy) is 1. The number of carbonyl (C=O) groups is 2. The first kappa shape index (κ1) is 20.8. The molecule has 144 valence electrons. The molecule has 0 heterocycles. The van der Waals surface area contributed by atoms with Gasteiger partial charge in [0, 0.05) is 13.1 Å². The van der Waals surface area contributed by atoms with Crippen LogP contribution in [-0.4, -0.2) is 40.6 Å². The normalized spacial score (nSPS) is 19.8. The third-order valence-corrected chi connectivity index (χ3v) is 6.20. The fraction of sp³-hybridized carbons (Fsp3) is 0.619. The molecule has 1 saturated carbocycles. The summed E-state index contributed by atoms with van der Waals surface area (Å²) in [5.41, 5.74) is 1.83. The lowest BCUT2D eigenvalue weighted by molar-refractivity contribution is 0.0229. The molecule has 1 aromatic rings. The van der Waals surface area contributed by atoms with Crippen molar-refractivity contribution in [2.24, 2.45) is 0 Å². The maximum absolute atomic E-state index is 12.5. The maximum atomic E-state index is 12.5. The molecule has 26 heavy (non-hydrogen) atoms. The highest BCUT2D eigenvalue weighted by Crippen LogP contribution is 2.32. The Morgan fingerprint density at radius 2 is 1.73 bits per heavy atom. The Labute approximate surface area is 161 Å². The fourth-order valence-electron chi connectivity index (χ4n) is 3.32. The highest BCUT2D eigenvalue weighted by atomic mass is 32.2. The van der Waals surface area contributed by atoms with Crippen molar-refractivity contribution in [3.63, 3.8) is 0 Å². The lowest BCUT2D eigenvalue weighted by atomic mass is 9.97. The zero-order valence-corrected chi connectivity index (χ0v) is 17.0. The number of benzene rings is 1. The van der Waals surface area contributed by atoms with Gasteiger partial charge in [-0.3, -0.25) is 4.79 Å². The second-order valence-corrected chi connectivity index (χ2v) is 7.96. The van der Waals surface area contributed by atoms with E-state index in [1.54, 1.807) is 0 Å². The Kier molecular flexibility index (Phi) is 8.49. The summed E-state index contributed by atoms with van der Waals surface area (Å²) in [6.45, 7) is 7.54. The average molecular weight is 378 g/mol. The van der Waals surface area contributed by atoms with Crippen LogP contribution in [0.3, 0.4) is 0 Å². The molecule has 1 amide bonds. The molecule has 0 spiro atoms. The van der Waals surface area contributed by atoms with E-state index in [2.05, 4.69) is 6.92 Å². The first-order valence-corrected chi connectivity index (χ1v) is 10.7. The second-order valence-electron chi connectivity index (χ2n) is 6.77. The Morgan fingerprint density at radius 1 is 1.08 bits per heavy atom. The van der Waals surface area contributed by atoms with Gasteiger partial charge in [0.25, 0.3) is 5.24 Å². The largest absolute Gasteiger partial charge is 0.458 e. The number of rotatable bonds is 7. The standard InChI is InChI=1S/C21H31NO3S/c1-4-9-16-12-14-17(15-13-16)20(23)25-18-10-7-8-11-19(18)26-21(24)22(5-2)6-3/h12-15,18-19H,4-11H2,1-3H3. The Hall–Kier alpha value is -1.49. The van der Waals surface area contributed by atoms with Crippen LogP contribution in [0.1, 0.15) is 68.8 Å². The fourth-order valence-corrected chi connectivity index (χ4v) is 4.61. The third-order valence-electron chi connectivity index (χ3n) is 4.90. The van der Waals surface area contributed by atoms with Crippen LogP contribution >= 0.6 is 11.8 Å². The van der Waals surface area contributed by atoms with Gasteiger partial charge in [-0.15, -0.1) is 0 Å². The predicted molar refractivity (Wildman–Crippen MR) is 108 cm³/mol. The molecule has 0 saturated heterocycles. The van der Waals surface area contributed by atoms with Crippen molar-refractivity contribution >= 4 is 23.0 Å². The number of carbonyl (C=O) groups excluding carboxylic acids is 2. The van der Waals surface area contributed by atoms with Gasteiger partial charge in [-0.1, -0.05) is 43.7 Å². The second kappa shape index (κ2) is 10.6. The molecule has 1 aliphatic carbocycles. The van der Waals surface area contributed by atoms with E-state index in [1.807, 2.05) is 43.0 Å². The quantitative estimate of drug-likeness (QED) is 0.605. The summed E-state index contributed by atoms with van der Waals surface area (Å²) in [5, 5.41) is 0.145. The van der Waals surface area contributed by atoms with Crippen LogP contribution in [0.5, 0.6) is 0 Å². The van der Waals surface area contributed by atoms with E-state index < -0.39 is 0 Å². The first-order valence-electron chi connectivity index (χ1n) is 9.84. The number of hydrogen-bond donors (Lipinski definition) is 0. The minimum atomic E-state index is -0.277. The van der Waals surface area contributed by atoms with Crippen molar-refractivity contribution in [3.8, 4) is 0 Å². The zero-order valence-electron chi connectivity index (χ0n) is 16.2. The van der Waals surface area contributed by atoms with Gasteiger partial charge in [-0.25, -0.2) is 4.79 Å². The van der Waals surface area contributed by atoms with E-state index in [4.69, 9.17) is 4.74 Å². The molecule has 2 unspecified atom stereocenters. The highest BCUT2D eigenvalue weighted by molar-refractivity contribution is 8.14. The number of nitrogens with zero attached hydrogens (tertiary/aromatic N) is 1. The molecular formula is C21H31NO3S. The summed E-state index contributed by atoms with van der Waals surface area (Å²) in [4.78, 5) is 26.8. The van der Waals surface area contributed by atoms with Crippen LogP contribution in [0.4, 0.5) is 4.79 Å². The van der Waals surface area contributed by atoms with Crippen LogP contribution in [0, 0.1) is 0 Å². The van der Waals surface area contributed by atoms with Gasteiger partial charge in [0.1, 0.15) is 6.10 Å². The maximum Gasteiger partial charge on any atom is 0.338 e. The van der Waals surface area contributed by atoms with Gasteiger partial charge in [-0.2, -0.15) is 0 Å². The molecule has 0 aliphatic heterocycles. The Morgan fingerprint density at radius 3 is 2.35 bits per heavy atom. The highest BCUT2D eigenvalue weighted by Gasteiger charge is 2.32. The molecular weight excluding hydrogens is 346 g/mol. The molecule has 2 rings (SSSR count). The molecule has 1 aliphatic rings.